The highest BCUT2D eigenvalue weighted by Crippen LogP contribution is 2.37. The lowest BCUT2D eigenvalue weighted by Crippen LogP contribution is -2.28. The Labute approximate surface area is 292 Å². The van der Waals surface area contributed by atoms with Gasteiger partial charge in [0.2, 0.25) is 0 Å². The van der Waals surface area contributed by atoms with Crippen molar-refractivity contribution in [1.82, 2.24) is 19.9 Å². The fraction of sp³-hybridized carbons (Fsp3) is 0.306. The highest BCUT2D eigenvalue weighted by molar-refractivity contribution is 7.98. The number of ether oxygens (including phenoxy) is 1. The average Bonchev–Trinajstić information content (AvgIpc) is 3.57. The van der Waals surface area contributed by atoms with E-state index in [2.05, 4.69) is 41.6 Å². The first-order valence-corrected chi connectivity index (χ1v) is 18.0. The van der Waals surface area contributed by atoms with Gasteiger partial charge >= 0.3 is 5.97 Å². The van der Waals surface area contributed by atoms with Crippen LogP contribution in [0.4, 0.5) is 0 Å². The minimum atomic E-state index is -1.00. The Bertz CT molecular complexity index is 2040. The first kappa shape index (κ1) is 34.0. The third-order valence-electron chi connectivity index (χ3n) is 8.37. The molecule has 0 unspecified atom stereocenters. The molecule has 1 aliphatic heterocycles. The summed E-state index contributed by atoms with van der Waals surface area (Å²) in [6.45, 7) is 5.42. The molecule has 3 aromatic carbocycles. The van der Waals surface area contributed by atoms with Crippen LogP contribution in [0.5, 0.6) is 5.75 Å². The third-order valence-corrected chi connectivity index (χ3v) is 11.0. The minimum Gasteiger partial charge on any atom is -0.493 e. The Morgan fingerprint density at radius 1 is 1.21 bits per heavy atom. The fourth-order valence-corrected chi connectivity index (χ4v) is 8.57. The zero-order valence-electron chi connectivity index (χ0n) is 27.1. The zero-order valence-corrected chi connectivity index (χ0v) is 29.5. The van der Waals surface area contributed by atoms with Gasteiger partial charge in [-0.05, 0) is 61.9 Å². The van der Waals surface area contributed by atoms with Gasteiger partial charge in [0.1, 0.15) is 16.5 Å². The summed E-state index contributed by atoms with van der Waals surface area (Å²) in [4.78, 5) is 19.9. The van der Waals surface area contributed by atoms with Crippen LogP contribution < -0.4 is 10.1 Å². The van der Waals surface area contributed by atoms with Gasteiger partial charge in [-0.15, -0.1) is 23.1 Å². The largest absolute Gasteiger partial charge is 0.493 e. The number of carbonyl (C=O) groups is 1. The summed E-state index contributed by atoms with van der Waals surface area (Å²) in [5, 5.41) is 34.5. The van der Waals surface area contributed by atoms with E-state index >= 15 is 0 Å². The van der Waals surface area contributed by atoms with Crippen molar-refractivity contribution in [3.8, 4) is 5.75 Å². The molecule has 250 valence electrons. The van der Waals surface area contributed by atoms with Crippen LogP contribution in [-0.4, -0.2) is 63.3 Å². The number of aromatic nitrogens is 2. The van der Waals surface area contributed by atoms with Crippen LogP contribution in [0.25, 0.3) is 27.8 Å². The number of aromatic carboxylic acids is 1. The molecular formula is C36H38ClN5O4S2. The van der Waals surface area contributed by atoms with Crippen molar-refractivity contribution in [1.29, 1.82) is 0 Å². The molecule has 8 bridgehead atoms. The standard InChI is InChI=1S/C36H38ClN5O4S2/c1-4-39-42(13-14-43)24-17-29-30(37)12-11-28-27(35(36(44)45)41(3)34(28)29)10-7-15-46-31-18-25(16-23-8-5-6-9-26(23)31)47-21-32-22(2)40-33(48-32)20-38-19-24/h4-6,8-9,11-12,16-18,38,43H,7,10,13-15,19-21H2,1-3H3,(H,44,45)/b24-17+,39-4+. The van der Waals surface area contributed by atoms with Crippen molar-refractivity contribution in [3.63, 3.8) is 0 Å². The van der Waals surface area contributed by atoms with Gasteiger partial charge in [-0.1, -0.05) is 41.9 Å². The number of carboxylic acid groups (broad SMARTS) is 1. The summed E-state index contributed by atoms with van der Waals surface area (Å²) >= 11 is 10.3. The van der Waals surface area contributed by atoms with Crippen molar-refractivity contribution >= 4 is 74.6 Å². The van der Waals surface area contributed by atoms with Gasteiger partial charge in [-0.2, -0.15) is 5.10 Å². The summed E-state index contributed by atoms with van der Waals surface area (Å²) in [5.74, 6) is 0.606. The molecule has 5 aromatic rings. The zero-order chi connectivity index (χ0) is 33.8. The van der Waals surface area contributed by atoms with Gasteiger partial charge in [-0.3, -0.25) is 5.01 Å². The van der Waals surface area contributed by atoms with Crippen LogP contribution in [0.15, 0.2) is 64.2 Å². The van der Waals surface area contributed by atoms with Crippen molar-refractivity contribution < 1.29 is 19.7 Å². The van der Waals surface area contributed by atoms with E-state index in [1.54, 1.807) is 45.9 Å². The number of nitrogens with one attached hydrogen (secondary N) is 1. The predicted molar refractivity (Wildman–Crippen MR) is 197 cm³/mol. The number of benzene rings is 3. The number of aliphatic hydroxyl groups excluding tert-OH is 1. The number of hydrogen-bond donors (Lipinski definition) is 3. The number of hydrazone groups is 1. The second kappa shape index (κ2) is 15.1. The van der Waals surface area contributed by atoms with E-state index in [0.29, 0.717) is 43.1 Å². The predicted octanol–water partition coefficient (Wildman–Crippen LogP) is 7.50. The molecule has 1 aliphatic rings. The summed E-state index contributed by atoms with van der Waals surface area (Å²) in [6, 6.07) is 16.2. The van der Waals surface area contributed by atoms with Crippen molar-refractivity contribution in [3.05, 3.63) is 91.7 Å². The second-order valence-electron chi connectivity index (χ2n) is 11.5. The first-order valence-electron chi connectivity index (χ1n) is 15.8. The molecule has 2 aromatic heterocycles. The maximum absolute atomic E-state index is 12.7. The van der Waals surface area contributed by atoms with Gasteiger partial charge in [-0.25, -0.2) is 9.78 Å². The fourth-order valence-electron chi connectivity index (χ4n) is 6.21. The van der Waals surface area contributed by atoms with Crippen LogP contribution in [-0.2, 0) is 25.8 Å². The molecule has 9 nitrogen and oxygen atoms in total. The molecule has 0 atom stereocenters. The second-order valence-corrected chi connectivity index (χ2v) is 14.1. The van der Waals surface area contributed by atoms with E-state index < -0.39 is 5.97 Å². The molecule has 48 heavy (non-hydrogen) atoms. The lowest BCUT2D eigenvalue weighted by Gasteiger charge is -2.22. The van der Waals surface area contributed by atoms with E-state index in [4.69, 9.17) is 21.3 Å². The third kappa shape index (κ3) is 7.11. The number of halogens is 1. The SMILES string of the molecule is C/C=N/N(CCO)/C1=C/c2c(Cl)ccc3c(c(C(=O)O)n(C)c23)CCCOc2cc(cc3ccccc23)SCc2sc(nc2C)CNC1. The molecule has 0 aliphatic carbocycles. The summed E-state index contributed by atoms with van der Waals surface area (Å²) in [7, 11) is 1.77. The van der Waals surface area contributed by atoms with E-state index in [0.717, 1.165) is 60.0 Å². The normalized spacial score (nSPS) is 15.7. The van der Waals surface area contributed by atoms with E-state index in [1.807, 2.05) is 37.3 Å². The van der Waals surface area contributed by atoms with Gasteiger partial charge in [0.25, 0.3) is 0 Å². The molecule has 6 rings (SSSR count). The Morgan fingerprint density at radius 2 is 2.04 bits per heavy atom. The topological polar surface area (TPSA) is 112 Å². The van der Waals surface area contributed by atoms with Gasteiger partial charge in [0.05, 0.1) is 36.7 Å². The molecule has 12 heteroatoms. The molecular weight excluding hydrogens is 666 g/mol. The lowest BCUT2D eigenvalue weighted by molar-refractivity contribution is 0.0685. The van der Waals surface area contributed by atoms with Gasteiger partial charge in [0.15, 0.2) is 0 Å². The number of carboxylic acids is 1. The van der Waals surface area contributed by atoms with Crippen LogP contribution in [0.2, 0.25) is 5.02 Å². The monoisotopic (exact) mass is 703 g/mol. The van der Waals surface area contributed by atoms with E-state index in [9.17, 15) is 15.0 Å². The Morgan fingerprint density at radius 3 is 2.83 bits per heavy atom. The molecule has 0 spiro atoms. The Hall–Kier alpha value is -3.87. The number of hydrogen-bond acceptors (Lipinski definition) is 9. The Balaban J connectivity index is 1.47. The van der Waals surface area contributed by atoms with Crippen molar-refractivity contribution in [2.45, 2.75) is 43.9 Å². The van der Waals surface area contributed by atoms with E-state index in [-0.39, 0.29) is 18.8 Å². The summed E-state index contributed by atoms with van der Waals surface area (Å²) < 4.78 is 8.14. The molecule has 0 fully saturated rings. The van der Waals surface area contributed by atoms with E-state index in [1.165, 1.54) is 4.88 Å². The molecule has 0 saturated heterocycles. The van der Waals surface area contributed by atoms with Crippen molar-refractivity contribution in [2.24, 2.45) is 12.1 Å². The first-order chi connectivity index (χ1) is 23.3. The maximum atomic E-state index is 12.7. The van der Waals surface area contributed by atoms with Crippen molar-refractivity contribution in [2.75, 3.05) is 26.3 Å². The van der Waals surface area contributed by atoms with Crippen LogP contribution in [0.3, 0.4) is 0 Å². The Kier molecular flexibility index (Phi) is 10.7. The summed E-state index contributed by atoms with van der Waals surface area (Å²) in [6.07, 6.45) is 4.74. The summed E-state index contributed by atoms with van der Waals surface area (Å²) in [5.41, 5.74) is 4.16. The number of nitrogens with zero attached hydrogens (tertiary/aromatic N) is 4. The van der Waals surface area contributed by atoms with Gasteiger partial charge < -0.3 is 24.8 Å². The average molecular weight is 704 g/mol. The quantitative estimate of drug-likeness (QED) is 0.128. The number of rotatable bonds is 5. The number of aliphatic hydroxyl groups is 1. The van der Waals surface area contributed by atoms with Crippen LogP contribution in [0, 0.1) is 6.92 Å². The molecule has 0 amide bonds. The molecule has 0 radical (unpaired) electrons. The maximum Gasteiger partial charge on any atom is 0.352 e. The van der Waals surface area contributed by atoms with Gasteiger partial charge in [0, 0.05) is 63.2 Å². The molecule has 0 saturated carbocycles. The lowest BCUT2D eigenvalue weighted by atomic mass is 10.0. The molecule has 3 N–H and O–H groups in total. The number of fused-ring (bicyclic) bond motifs is 6. The minimum absolute atomic E-state index is 0.100. The number of thiazole rings is 1. The smallest absolute Gasteiger partial charge is 0.352 e. The number of thioether (sulfide) groups is 1. The highest BCUT2D eigenvalue weighted by atomic mass is 35.5. The van der Waals surface area contributed by atoms with Crippen LogP contribution in [0.1, 0.15) is 50.5 Å². The number of aryl methyl sites for hydroxylation is 3. The van der Waals surface area contributed by atoms with Crippen LogP contribution >= 0.6 is 34.7 Å². The highest BCUT2D eigenvalue weighted by Gasteiger charge is 2.24. The molecule has 3 heterocycles.